The van der Waals surface area contributed by atoms with Crippen molar-refractivity contribution in [2.75, 3.05) is 16.8 Å². The monoisotopic (exact) mass is 650 g/mol. The van der Waals surface area contributed by atoms with Gasteiger partial charge in [-0.1, -0.05) is 41.5 Å². The number of rotatable bonds is 3. The molecular weight excluding hydrogens is 612 g/mol. The van der Waals surface area contributed by atoms with E-state index in [1.54, 1.807) is 0 Å². The lowest BCUT2D eigenvalue weighted by atomic mass is 10.2. The van der Waals surface area contributed by atoms with Gasteiger partial charge < -0.3 is 37.2 Å². The fraction of sp³-hybridized carbons (Fsp3) is 0.333. The maximum atomic E-state index is 12.3. The maximum Gasteiger partial charge on any atom is 0.503 e. The maximum absolute atomic E-state index is 12.3. The first-order valence-corrected chi connectivity index (χ1v) is 12.5. The highest BCUT2D eigenvalue weighted by Gasteiger charge is 2.29. The fourth-order valence-corrected chi connectivity index (χ4v) is 2.02. The summed E-state index contributed by atoms with van der Waals surface area (Å²) in [4.78, 5) is 34.2. The van der Waals surface area contributed by atoms with E-state index in [2.05, 4.69) is 56.8 Å². The summed E-state index contributed by atoms with van der Waals surface area (Å²) >= 11 is 0. The molecule has 0 unspecified atom stereocenters. The van der Waals surface area contributed by atoms with Crippen LogP contribution in [-0.4, -0.2) is 47.6 Å². The van der Waals surface area contributed by atoms with Gasteiger partial charge in [-0.15, -0.1) is 0 Å². The Bertz CT molecular complexity index is 1260. The molecule has 0 saturated heterocycles. The van der Waals surface area contributed by atoms with E-state index in [4.69, 9.17) is 41.5 Å². The molecule has 0 radical (unpaired) electrons. The highest BCUT2D eigenvalue weighted by atomic mass is 19.4. The molecule has 252 valence electrons. The van der Waals surface area contributed by atoms with E-state index in [9.17, 15) is 27.7 Å². The number of nitrogens with two attached hydrogens (primary N) is 2. The average molecular weight is 651 g/mol. The number of nitro benzene ring substituents is 1. The highest BCUT2D eigenvalue weighted by Crippen LogP contribution is 2.30. The molecule has 0 spiro atoms. The molecule has 1 aromatic heterocycles. The minimum atomic E-state index is -4.34. The molecule has 0 fully saturated rings. The molecular formula is C27H38F4N6O8. The van der Waals surface area contributed by atoms with E-state index >= 15 is 0 Å². The van der Waals surface area contributed by atoms with Gasteiger partial charge >= 0.3 is 18.5 Å². The topological polar surface area (TPSA) is 248 Å². The number of halogens is 4. The number of nitrogen functional groups attached to an aromatic ring is 2. The largest absolute Gasteiger partial charge is 0.503 e. The van der Waals surface area contributed by atoms with E-state index in [0.717, 1.165) is 42.2 Å². The van der Waals surface area contributed by atoms with E-state index < -0.39 is 34.8 Å². The molecule has 18 heteroatoms. The first kappa shape index (κ1) is 44.0. The van der Waals surface area contributed by atoms with Crippen LogP contribution in [0.1, 0.15) is 47.1 Å². The molecule has 14 nitrogen and oxygen atoms in total. The number of nitrogens with zero attached hydrogens (tertiary/aromatic N) is 3. The molecule has 1 heterocycles. The zero-order chi connectivity index (χ0) is 35.9. The molecule has 2 aromatic carbocycles. The Hall–Kier alpha value is -5.42. The third kappa shape index (κ3) is 29.9. The Labute approximate surface area is 256 Å². The third-order valence-corrected chi connectivity index (χ3v) is 3.36. The van der Waals surface area contributed by atoms with E-state index in [0.29, 0.717) is 11.5 Å². The third-order valence-electron chi connectivity index (χ3n) is 3.36. The first-order chi connectivity index (χ1) is 20.5. The predicted octanol–water partition coefficient (Wildman–Crippen LogP) is 7.91. The van der Waals surface area contributed by atoms with Gasteiger partial charge in [0.2, 0.25) is 0 Å². The summed E-state index contributed by atoms with van der Waals surface area (Å²) in [5.41, 5.74) is 9.95. The number of anilines is 4. The van der Waals surface area contributed by atoms with Crippen molar-refractivity contribution in [2.45, 2.75) is 47.7 Å². The van der Waals surface area contributed by atoms with E-state index in [1.165, 1.54) is 24.5 Å². The minimum absolute atomic E-state index is 0.157. The summed E-state index contributed by atoms with van der Waals surface area (Å²) in [6.45, 7) is 13.0. The number of alkyl halides is 3. The minimum Gasteiger partial charge on any atom is -0.450 e. The van der Waals surface area contributed by atoms with Crippen molar-refractivity contribution < 1.29 is 52.5 Å². The lowest BCUT2D eigenvalue weighted by molar-refractivity contribution is -0.383. The average Bonchev–Trinajstić information content (AvgIpc) is 2.83. The van der Waals surface area contributed by atoms with Crippen molar-refractivity contribution in [3.05, 3.63) is 76.4 Å². The second kappa shape index (κ2) is 23.1. The fourth-order valence-electron chi connectivity index (χ4n) is 2.02. The number of nitro groups is 1. The van der Waals surface area contributed by atoms with Crippen molar-refractivity contribution in [2.24, 2.45) is 11.8 Å². The zero-order valence-electron chi connectivity index (χ0n) is 25.3. The van der Waals surface area contributed by atoms with Gasteiger partial charge in [0, 0.05) is 23.9 Å². The summed E-state index contributed by atoms with van der Waals surface area (Å²) in [5.74, 6) is 1.79. The first-order valence-electron chi connectivity index (χ1n) is 12.5. The number of hydrogen-bond donors (Lipinski definition) is 7. The second-order valence-electron chi connectivity index (χ2n) is 9.52. The molecule has 45 heavy (non-hydrogen) atoms. The Morgan fingerprint density at radius 1 is 0.844 bits per heavy atom. The quantitative estimate of drug-likeness (QED) is 0.0616. The lowest BCUT2D eigenvalue weighted by Crippen LogP contribution is -2.04. The molecule has 0 bridgehead atoms. The van der Waals surface area contributed by atoms with Gasteiger partial charge in [-0.05, 0) is 42.2 Å². The summed E-state index contributed by atoms with van der Waals surface area (Å²) in [6.07, 6.45) is -6.74. The molecule has 9 N–H and O–H groups in total. The number of benzene rings is 2. The normalized spacial score (nSPS) is 9.51. The van der Waals surface area contributed by atoms with Gasteiger partial charge in [0.1, 0.15) is 29.5 Å². The lowest BCUT2D eigenvalue weighted by Gasteiger charge is -2.09. The number of aromatic nitrogens is 2. The second-order valence-corrected chi connectivity index (χ2v) is 9.52. The number of hydrogen-bond acceptors (Lipinski definition) is 9. The van der Waals surface area contributed by atoms with Crippen LogP contribution in [0.25, 0.3) is 0 Å². The summed E-state index contributed by atoms with van der Waals surface area (Å²) in [6, 6.07) is 9.05. The molecule has 0 aliphatic carbocycles. The van der Waals surface area contributed by atoms with Crippen LogP contribution < -0.4 is 16.8 Å². The van der Waals surface area contributed by atoms with Crippen molar-refractivity contribution in [3.63, 3.8) is 0 Å². The summed E-state index contributed by atoms with van der Waals surface area (Å²) in [5, 5.41) is 40.8. The van der Waals surface area contributed by atoms with Gasteiger partial charge in [0.15, 0.2) is 0 Å². The molecule has 0 aliphatic rings. The van der Waals surface area contributed by atoms with Crippen molar-refractivity contribution >= 4 is 41.0 Å². The standard InChI is InChI=1S/C11H9F3N4.C6H5FN2O2.2C4H10.2CH2O3/c12-11(13,14)7-1-3-8(4-2-7)18-10-5-9(15)16-6-17-10;7-4-1-2-6(9(10)11)5(8)3-4;2*1-4(2)3;2*2-1(3)4/h1-6H,(H3,15,16,17,18);1-3H,8H2;2*4H,1-3H3;2*(H2,2,3,4). The summed E-state index contributed by atoms with van der Waals surface area (Å²) in [7, 11) is 0. The van der Waals surface area contributed by atoms with Gasteiger partial charge in [-0.2, -0.15) is 13.2 Å². The van der Waals surface area contributed by atoms with E-state index in [1.807, 2.05) is 0 Å². The Morgan fingerprint density at radius 3 is 1.60 bits per heavy atom. The Balaban J connectivity index is -0.000000554. The Kier molecular flexibility index (Phi) is 22.6. The van der Waals surface area contributed by atoms with Gasteiger partial charge in [0.25, 0.3) is 5.69 Å². The zero-order valence-corrected chi connectivity index (χ0v) is 25.3. The van der Waals surface area contributed by atoms with Crippen LogP contribution in [-0.2, 0) is 6.18 Å². The van der Waals surface area contributed by atoms with Crippen molar-refractivity contribution in [3.8, 4) is 0 Å². The van der Waals surface area contributed by atoms with Crippen LogP contribution in [0.5, 0.6) is 0 Å². The van der Waals surface area contributed by atoms with Crippen LogP contribution in [0.2, 0.25) is 0 Å². The Morgan fingerprint density at radius 2 is 1.27 bits per heavy atom. The van der Waals surface area contributed by atoms with Crippen LogP contribution in [0.3, 0.4) is 0 Å². The smallest absolute Gasteiger partial charge is 0.450 e. The molecule has 0 amide bonds. The molecule has 3 aromatic rings. The molecule has 0 aliphatic heterocycles. The van der Waals surface area contributed by atoms with Gasteiger partial charge in [-0.3, -0.25) is 10.1 Å². The summed E-state index contributed by atoms with van der Waals surface area (Å²) < 4.78 is 49.3. The predicted molar refractivity (Wildman–Crippen MR) is 161 cm³/mol. The number of nitrogens with one attached hydrogen (secondary N) is 1. The number of carboxylic acid groups (broad SMARTS) is 4. The van der Waals surface area contributed by atoms with Crippen LogP contribution in [0.4, 0.5) is 55.8 Å². The van der Waals surface area contributed by atoms with Crippen LogP contribution in [0, 0.1) is 27.8 Å². The van der Waals surface area contributed by atoms with E-state index in [-0.39, 0.29) is 17.2 Å². The number of carbonyl (C=O) groups is 2. The van der Waals surface area contributed by atoms with Crippen molar-refractivity contribution in [1.29, 1.82) is 0 Å². The van der Waals surface area contributed by atoms with Crippen molar-refractivity contribution in [1.82, 2.24) is 9.97 Å². The van der Waals surface area contributed by atoms with Crippen LogP contribution in [0.15, 0.2) is 54.9 Å². The van der Waals surface area contributed by atoms with Crippen LogP contribution >= 0.6 is 0 Å². The molecule has 0 saturated carbocycles. The van der Waals surface area contributed by atoms with Gasteiger partial charge in [-0.25, -0.2) is 23.9 Å². The SMILES string of the molecule is CC(C)C.CC(C)C.Nc1cc(F)ccc1[N+](=O)[O-].Nc1cc(Nc2ccc(C(F)(F)F)cc2)ncn1.O=C(O)O.O=C(O)O. The molecule has 3 rings (SSSR count). The van der Waals surface area contributed by atoms with Gasteiger partial charge in [0.05, 0.1) is 10.5 Å². The highest BCUT2D eigenvalue weighted by molar-refractivity contribution is 5.59. The molecule has 0 atom stereocenters.